The molecule has 0 aliphatic carbocycles. The molecule has 5 rings (SSSR count). The summed E-state index contributed by atoms with van der Waals surface area (Å²) >= 11 is 1.95. The van der Waals surface area contributed by atoms with Crippen LogP contribution in [-0.2, 0) is 29.7 Å². The average molecular weight is 414 g/mol. The van der Waals surface area contributed by atoms with Gasteiger partial charge in [0.05, 0.1) is 24.3 Å². The summed E-state index contributed by atoms with van der Waals surface area (Å²) < 4.78 is 6.03. The summed E-state index contributed by atoms with van der Waals surface area (Å²) in [6, 6.07) is 4.58. The first-order valence-electron chi connectivity index (χ1n) is 10.8. The van der Waals surface area contributed by atoms with Gasteiger partial charge in [0.1, 0.15) is 0 Å². The minimum atomic E-state index is 0.0166. The molecule has 0 N–H and O–H groups in total. The number of anilines is 1. The monoisotopic (exact) mass is 413 g/mol. The molecule has 0 saturated carbocycles. The number of hydrogen-bond acceptors (Lipinski definition) is 7. The molecular formula is C22H31N5OS. The van der Waals surface area contributed by atoms with Crippen LogP contribution in [-0.4, -0.2) is 72.7 Å². The highest BCUT2D eigenvalue weighted by atomic mass is 32.1. The topological polar surface area (TPSA) is 44.7 Å². The minimum Gasteiger partial charge on any atom is -0.376 e. The van der Waals surface area contributed by atoms with Crippen molar-refractivity contribution in [2.45, 2.75) is 38.3 Å². The van der Waals surface area contributed by atoms with Crippen molar-refractivity contribution in [1.82, 2.24) is 19.8 Å². The Morgan fingerprint density at radius 1 is 1.14 bits per heavy atom. The number of piperazine rings is 1. The van der Waals surface area contributed by atoms with E-state index in [4.69, 9.17) is 14.7 Å². The van der Waals surface area contributed by atoms with Gasteiger partial charge in [-0.2, -0.15) is 0 Å². The molecular weight excluding hydrogens is 382 g/mol. The molecule has 7 heteroatoms. The van der Waals surface area contributed by atoms with Crippen molar-refractivity contribution in [2.24, 2.45) is 0 Å². The fourth-order valence-electron chi connectivity index (χ4n) is 4.87. The molecule has 1 unspecified atom stereocenters. The molecule has 3 aliphatic rings. The maximum absolute atomic E-state index is 6.03. The van der Waals surface area contributed by atoms with E-state index in [0.29, 0.717) is 6.61 Å². The number of fused-ring (bicyclic) bond motifs is 2. The van der Waals surface area contributed by atoms with E-state index in [1.54, 1.807) is 0 Å². The maximum Gasteiger partial charge on any atom is 0.225 e. The normalized spacial score (nSPS) is 25.7. The molecule has 1 spiro atoms. The Labute approximate surface area is 177 Å². The second-order valence-corrected chi connectivity index (χ2v) is 10.0. The van der Waals surface area contributed by atoms with Crippen LogP contribution in [0.5, 0.6) is 0 Å². The van der Waals surface area contributed by atoms with E-state index in [9.17, 15) is 0 Å². The molecule has 2 fully saturated rings. The van der Waals surface area contributed by atoms with E-state index in [2.05, 4.69) is 40.8 Å². The van der Waals surface area contributed by atoms with Crippen molar-refractivity contribution < 1.29 is 4.74 Å². The van der Waals surface area contributed by atoms with E-state index >= 15 is 0 Å². The summed E-state index contributed by atoms with van der Waals surface area (Å²) in [7, 11) is 2.18. The molecule has 6 nitrogen and oxygen atoms in total. The molecule has 2 aromatic rings. The molecule has 0 radical (unpaired) electrons. The highest BCUT2D eigenvalue weighted by Gasteiger charge is 2.45. The van der Waals surface area contributed by atoms with Crippen molar-refractivity contribution in [3.63, 3.8) is 0 Å². The first kappa shape index (κ1) is 19.4. The van der Waals surface area contributed by atoms with Gasteiger partial charge in [-0.05, 0) is 38.6 Å². The third-order valence-corrected chi connectivity index (χ3v) is 7.87. The molecule has 156 valence electrons. The lowest BCUT2D eigenvalue weighted by Gasteiger charge is -2.36. The molecule has 1 atom stereocenters. The number of likely N-dealkylation sites (tertiary alicyclic amines) is 1. The molecule has 2 aromatic heterocycles. The van der Waals surface area contributed by atoms with Gasteiger partial charge in [-0.25, -0.2) is 9.97 Å². The minimum absolute atomic E-state index is 0.0166. The first-order chi connectivity index (χ1) is 14.1. The standard InChI is InChI=1S/C22H31N5OS/c1-3-18-4-5-19(29-18)13-26-7-6-22(15-26)16-28-14-17-12-23-21(24-20(17)22)27-10-8-25(2)9-11-27/h4-5,12H,3,6-11,13-16H2,1-2H3. The average Bonchev–Trinajstić information content (AvgIpc) is 3.36. The van der Waals surface area contributed by atoms with Gasteiger partial charge < -0.3 is 14.5 Å². The summed E-state index contributed by atoms with van der Waals surface area (Å²) in [6.07, 6.45) is 4.26. The predicted octanol–water partition coefficient (Wildman–Crippen LogP) is 2.53. The fraction of sp³-hybridized carbons (Fsp3) is 0.636. The lowest BCUT2D eigenvalue weighted by atomic mass is 9.80. The molecule has 0 amide bonds. The summed E-state index contributed by atoms with van der Waals surface area (Å²) in [5.41, 5.74) is 2.44. The van der Waals surface area contributed by atoms with Crippen molar-refractivity contribution in [2.75, 3.05) is 57.8 Å². The van der Waals surface area contributed by atoms with Crippen LogP contribution in [0.3, 0.4) is 0 Å². The van der Waals surface area contributed by atoms with Gasteiger partial charge in [0.2, 0.25) is 5.95 Å². The lowest BCUT2D eigenvalue weighted by Crippen LogP contribution is -2.46. The highest BCUT2D eigenvalue weighted by Crippen LogP contribution is 2.40. The second kappa shape index (κ2) is 7.95. The summed E-state index contributed by atoms with van der Waals surface area (Å²) in [4.78, 5) is 20.1. The quantitative estimate of drug-likeness (QED) is 0.768. The van der Waals surface area contributed by atoms with Crippen LogP contribution >= 0.6 is 11.3 Å². The van der Waals surface area contributed by atoms with Crippen LogP contribution < -0.4 is 4.90 Å². The third-order valence-electron chi connectivity index (χ3n) is 6.65. The van der Waals surface area contributed by atoms with E-state index in [-0.39, 0.29) is 5.41 Å². The molecule has 0 bridgehead atoms. The van der Waals surface area contributed by atoms with Gasteiger partial charge in [0, 0.05) is 60.8 Å². The van der Waals surface area contributed by atoms with Gasteiger partial charge in [0.15, 0.2) is 0 Å². The molecule has 2 saturated heterocycles. The van der Waals surface area contributed by atoms with Crippen molar-refractivity contribution >= 4 is 17.3 Å². The Morgan fingerprint density at radius 2 is 1.97 bits per heavy atom. The SMILES string of the molecule is CCc1ccc(CN2CCC3(COCc4cnc(N5CCN(C)CC5)nc43)C2)s1. The summed E-state index contributed by atoms with van der Waals surface area (Å²) in [5, 5.41) is 0. The number of nitrogens with zero attached hydrogens (tertiary/aromatic N) is 5. The summed E-state index contributed by atoms with van der Waals surface area (Å²) in [6.45, 7) is 11.0. The number of hydrogen-bond donors (Lipinski definition) is 0. The van der Waals surface area contributed by atoms with Crippen molar-refractivity contribution in [3.8, 4) is 0 Å². The Balaban J connectivity index is 1.36. The number of likely N-dealkylation sites (N-methyl/N-ethyl adjacent to an activating group) is 1. The number of ether oxygens (including phenoxy) is 1. The number of aryl methyl sites for hydroxylation is 1. The Bertz CT molecular complexity index is 863. The second-order valence-electron chi connectivity index (χ2n) is 8.79. The van der Waals surface area contributed by atoms with E-state index in [1.807, 2.05) is 17.5 Å². The van der Waals surface area contributed by atoms with Gasteiger partial charge in [0.25, 0.3) is 0 Å². The number of rotatable bonds is 4. The lowest BCUT2D eigenvalue weighted by molar-refractivity contribution is 0.0503. The first-order valence-corrected chi connectivity index (χ1v) is 11.6. The van der Waals surface area contributed by atoms with Crippen LogP contribution in [0.15, 0.2) is 18.3 Å². The molecule has 3 aliphatic heterocycles. The Kier molecular flexibility index (Phi) is 5.32. The van der Waals surface area contributed by atoms with Gasteiger partial charge in [-0.15, -0.1) is 11.3 Å². The van der Waals surface area contributed by atoms with Crippen LogP contribution in [0, 0.1) is 0 Å². The van der Waals surface area contributed by atoms with Gasteiger partial charge in [-0.3, -0.25) is 4.90 Å². The zero-order chi connectivity index (χ0) is 19.8. The van der Waals surface area contributed by atoms with E-state index < -0.39 is 0 Å². The summed E-state index contributed by atoms with van der Waals surface area (Å²) in [5.74, 6) is 0.905. The Hall–Kier alpha value is -1.54. The Morgan fingerprint density at radius 3 is 2.76 bits per heavy atom. The largest absolute Gasteiger partial charge is 0.376 e. The molecule has 0 aromatic carbocycles. The molecule has 5 heterocycles. The predicted molar refractivity (Wildman–Crippen MR) is 117 cm³/mol. The number of thiophene rings is 1. The van der Waals surface area contributed by atoms with Crippen LogP contribution in [0.4, 0.5) is 5.95 Å². The highest BCUT2D eigenvalue weighted by molar-refractivity contribution is 7.11. The van der Waals surface area contributed by atoms with Gasteiger partial charge in [-0.1, -0.05) is 6.92 Å². The zero-order valence-electron chi connectivity index (χ0n) is 17.6. The third kappa shape index (κ3) is 3.81. The van der Waals surface area contributed by atoms with E-state index in [0.717, 1.165) is 71.2 Å². The van der Waals surface area contributed by atoms with Crippen molar-refractivity contribution in [3.05, 3.63) is 39.3 Å². The smallest absolute Gasteiger partial charge is 0.225 e. The van der Waals surface area contributed by atoms with Crippen LogP contribution in [0.1, 0.15) is 34.4 Å². The zero-order valence-corrected chi connectivity index (χ0v) is 18.4. The fourth-order valence-corrected chi connectivity index (χ4v) is 5.87. The maximum atomic E-state index is 6.03. The van der Waals surface area contributed by atoms with E-state index in [1.165, 1.54) is 21.0 Å². The van der Waals surface area contributed by atoms with Crippen LogP contribution in [0.2, 0.25) is 0 Å². The molecule has 29 heavy (non-hydrogen) atoms. The number of aromatic nitrogens is 2. The van der Waals surface area contributed by atoms with Gasteiger partial charge >= 0.3 is 0 Å². The van der Waals surface area contributed by atoms with Crippen molar-refractivity contribution in [1.29, 1.82) is 0 Å². The van der Waals surface area contributed by atoms with Crippen LogP contribution in [0.25, 0.3) is 0 Å².